The predicted octanol–water partition coefficient (Wildman–Crippen LogP) is 2.10. The van der Waals surface area contributed by atoms with Gasteiger partial charge >= 0.3 is 0 Å². The molecule has 19 heavy (non-hydrogen) atoms. The molecule has 2 aromatic carbocycles. The Morgan fingerprint density at radius 2 is 1.37 bits per heavy atom. The molecular weight excluding hydrogens is 238 g/mol. The third-order valence-corrected chi connectivity index (χ3v) is 2.89. The van der Waals surface area contributed by atoms with E-state index in [1.807, 2.05) is 53.1 Å². The van der Waals surface area contributed by atoms with E-state index < -0.39 is 0 Å². The number of hydrogen-bond donors (Lipinski definition) is 2. The van der Waals surface area contributed by atoms with Gasteiger partial charge < -0.3 is 11.5 Å². The molecule has 0 aliphatic carbocycles. The predicted molar refractivity (Wildman–Crippen MR) is 75.6 cm³/mol. The highest BCUT2D eigenvalue weighted by molar-refractivity contribution is 5.61. The highest BCUT2D eigenvalue weighted by Crippen LogP contribution is 2.21. The fourth-order valence-electron chi connectivity index (χ4n) is 1.89. The molecule has 0 radical (unpaired) electrons. The zero-order valence-corrected chi connectivity index (χ0v) is 10.2. The Balaban J connectivity index is 2.07. The summed E-state index contributed by atoms with van der Waals surface area (Å²) < 4.78 is 1.91. The Hall–Kier alpha value is -2.82. The lowest BCUT2D eigenvalue weighted by atomic mass is 10.2. The van der Waals surface area contributed by atoms with E-state index in [0.29, 0.717) is 0 Å². The monoisotopic (exact) mass is 251 g/mol. The third kappa shape index (κ3) is 2.13. The van der Waals surface area contributed by atoms with Crippen LogP contribution in [0.4, 0.5) is 11.4 Å². The molecule has 0 aliphatic rings. The SMILES string of the molecule is Nc1ccc(-c2nncn2-c2ccc(N)cc2)cc1. The molecule has 3 aromatic rings. The van der Waals surface area contributed by atoms with Crippen LogP contribution in [0.1, 0.15) is 0 Å². The van der Waals surface area contributed by atoms with Gasteiger partial charge in [0.1, 0.15) is 6.33 Å². The first-order valence-corrected chi connectivity index (χ1v) is 5.86. The minimum absolute atomic E-state index is 0.724. The molecule has 0 saturated heterocycles. The number of aromatic nitrogens is 3. The fourth-order valence-corrected chi connectivity index (χ4v) is 1.89. The van der Waals surface area contributed by atoms with E-state index in [1.54, 1.807) is 6.33 Å². The van der Waals surface area contributed by atoms with E-state index in [2.05, 4.69) is 10.2 Å². The molecule has 0 aliphatic heterocycles. The van der Waals surface area contributed by atoms with Crippen LogP contribution in [-0.2, 0) is 0 Å². The number of anilines is 2. The van der Waals surface area contributed by atoms with Crippen LogP contribution in [0.25, 0.3) is 17.1 Å². The molecule has 0 spiro atoms. The van der Waals surface area contributed by atoms with Crippen LogP contribution < -0.4 is 11.5 Å². The van der Waals surface area contributed by atoms with Gasteiger partial charge in [0.2, 0.25) is 0 Å². The molecule has 0 saturated carbocycles. The summed E-state index contributed by atoms with van der Waals surface area (Å²) in [4.78, 5) is 0. The molecule has 0 unspecified atom stereocenters. The summed E-state index contributed by atoms with van der Waals surface area (Å²) in [5.74, 6) is 0.768. The summed E-state index contributed by atoms with van der Waals surface area (Å²) in [6.07, 6.45) is 1.68. The molecule has 0 amide bonds. The highest BCUT2D eigenvalue weighted by atomic mass is 15.3. The van der Waals surface area contributed by atoms with E-state index >= 15 is 0 Å². The number of benzene rings is 2. The lowest BCUT2D eigenvalue weighted by Gasteiger charge is -2.07. The molecule has 94 valence electrons. The minimum Gasteiger partial charge on any atom is -0.399 e. The van der Waals surface area contributed by atoms with Crippen LogP contribution in [0.2, 0.25) is 0 Å². The van der Waals surface area contributed by atoms with Gasteiger partial charge in [-0.2, -0.15) is 0 Å². The number of nitrogen functional groups attached to an aromatic ring is 2. The zero-order valence-electron chi connectivity index (χ0n) is 10.2. The topological polar surface area (TPSA) is 82.8 Å². The van der Waals surface area contributed by atoms with Gasteiger partial charge in [0.05, 0.1) is 0 Å². The van der Waals surface area contributed by atoms with Crippen LogP contribution in [0.5, 0.6) is 0 Å². The number of hydrogen-bond acceptors (Lipinski definition) is 4. The van der Waals surface area contributed by atoms with Crippen LogP contribution in [0, 0.1) is 0 Å². The van der Waals surface area contributed by atoms with Crippen molar-refractivity contribution in [2.75, 3.05) is 11.5 Å². The number of nitrogens with two attached hydrogens (primary N) is 2. The quantitative estimate of drug-likeness (QED) is 0.683. The fraction of sp³-hybridized carbons (Fsp3) is 0. The summed E-state index contributed by atoms with van der Waals surface area (Å²) in [5, 5.41) is 8.13. The van der Waals surface area contributed by atoms with Gasteiger partial charge in [0, 0.05) is 22.6 Å². The van der Waals surface area contributed by atoms with Crippen molar-refractivity contribution in [1.29, 1.82) is 0 Å². The average molecular weight is 251 g/mol. The number of rotatable bonds is 2. The van der Waals surface area contributed by atoms with Crippen molar-refractivity contribution < 1.29 is 0 Å². The Kier molecular flexibility index (Phi) is 2.64. The van der Waals surface area contributed by atoms with Crippen molar-refractivity contribution in [3.8, 4) is 17.1 Å². The molecule has 1 heterocycles. The van der Waals surface area contributed by atoms with Crippen LogP contribution in [0.3, 0.4) is 0 Å². The standard InChI is InChI=1S/C14H13N5/c15-11-3-1-10(2-4-11)14-18-17-9-19(14)13-7-5-12(16)6-8-13/h1-9H,15-16H2. The van der Waals surface area contributed by atoms with Gasteiger partial charge in [-0.05, 0) is 48.5 Å². The van der Waals surface area contributed by atoms with E-state index in [-0.39, 0.29) is 0 Å². The van der Waals surface area contributed by atoms with Gasteiger partial charge in [-0.3, -0.25) is 4.57 Å². The second kappa shape index (κ2) is 4.45. The lowest BCUT2D eigenvalue weighted by molar-refractivity contribution is 1.06. The summed E-state index contributed by atoms with van der Waals surface area (Å²) >= 11 is 0. The Morgan fingerprint density at radius 3 is 2.00 bits per heavy atom. The molecule has 4 N–H and O–H groups in total. The van der Waals surface area contributed by atoms with E-state index in [9.17, 15) is 0 Å². The maximum absolute atomic E-state index is 5.69. The summed E-state index contributed by atoms with van der Waals surface area (Å²) in [5.41, 5.74) is 14.8. The van der Waals surface area contributed by atoms with Crippen molar-refractivity contribution in [1.82, 2.24) is 14.8 Å². The second-order valence-corrected chi connectivity index (χ2v) is 4.24. The molecule has 1 aromatic heterocycles. The molecular formula is C14H13N5. The first-order chi connectivity index (χ1) is 9.24. The molecule has 5 nitrogen and oxygen atoms in total. The lowest BCUT2D eigenvalue weighted by Crippen LogP contribution is -1.97. The normalized spacial score (nSPS) is 10.5. The van der Waals surface area contributed by atoms with Gasteiger partial charge in [-0.1, -0.05) is 0 Å². The van der Waals surface area contributed by atoms with Gasteiger partial charge in [0.25, 0.3) is 0 Å². The highest BCUT2D eigenvalue weighted by Gasteiger charge is 2.08. The first-order valence-electron chi connectivity index (χ1n) is 5.86. The van der Waals surface area contributed by atoms with Crippen molar-refractivity contribution in [2.24, 2.45) is 0 Å². The van der Waals surface area contributed by atoms with E-state index in [0.717, 1.165) is 28.5 Å². The van der Waals surface area contributed by atoms with Crippen molar-refractivity contribution in [3.05, 3.63) is 54.9 Å². The maximum Gasteiger partial charge on any atom is 0.168 e. The Bertz CT molecular complexity index is 623. The zero-order chi connectivity index (χ0) is 13.2. The average Bonchev–Trinajstić information content (AvgIpc) is 2.90. The molecule has 0 atom stereocenters. The largest absolute Gasteiger partial charge is 0.399 e. The smallest absolute Gasteiger partial charge is 0.168 e. The van der Waals surface area contributed by atoms with Crippen LogP contribution in [0.15, 0.2) is 54.9 Å². The van der Waals surface area contributed by atoms with Crippen molar-refractivity contribution >= 4 is 11.4 Å². The maximum atomic E-state index is 5.69. The number of nitrogens with zero attached hydrogens (tertiary/aromatic N) is 3. The van der Waals surface area contributed by atoms with Crippen molar-refractivity contribution in [3.63, 3.8) is 0 Å². The van der Waals surface area contributed by atoms with Crippen molar-refractivity contribution in [2.45, 2.75) is 0 Å². The van der Waals surface area contributed by atoms with Gasteiger partial charge in [-0.25, -0.2) is 0 Å². The molecule has 5 heteroatoms. The second-order valence-electron chi connectivity index (χ2n) is 4.24. The van der Waals surface area contributed by atoms with E-state index in [1.165, 1.54) is 0 Å². The Morgan fingerprint density at radius 1 is 0.789 bits per heavy atom. The van der Waals surface area contributed by atoms with Crippen LogP contribution >= 0.6 is 0 Å². The summed E-state index contributed by atoms with van der Waals surface area (Å²) in [6, 6.07) is 15.1. The van der Waals surface area contributed by atoms with E-state index in [4.69, 9.17) is 11.5 Å². The van der Waals surface area contributed by atoms with Gasteiger partial charge in [0.15, 0.2) is 5.82 Å². The molecule has 0 fully saturated rings. The molecule has 3 rings (SSSR count). The van der Waals surface area contributed by atoms with Gasteiger partial charge in [-0.15, -0.1) is 10.2 Å². The summed E-state index contributed by atoms with van der Waals surface area (Å²) in [7, 11) is 0. The van der Waals surface area contributed by atoms with Crippen LogP contribution in [-0.4, -0.2) is 14.8 Å². The summed E-state index contributed by atoms with van der Waals surface area (Å²) in [6.45, 7) is 0. The minimum atomic E-state index is 0.724. The third-order valence-electron chi connectivity index (χ3n) is 2.89. The Labute approximate surface area is 110 Å². The first kappa shape index (κ1) is 11.3. The molecule has 0 bridgehead atoms.